The minimum atomic E-state index is -0.530. The molecule has 1 aromatic rings. The average molecular weight is 259 g/mol. The van der Waals surface area contributed by atoms with Gasteiger partial charge in [-0.2, -0.15) is 0 Å². The molecule has 4 nitrogen and oxygen atoms in total. The van der Waals surface area contributed by atoms with Gasteiger partial charge in [-0.1, -0.05) is 13.5 Å². The molecule has 1 aliphatic heterocycles. The Morgan fingerprint density at radius 1 is 1.47 bits per heavy atom. The van der Waals surface area contributed by atoms with Gasteiger partial charge >= 0.3 is 0 Å². The fourth-order valence-electron chi connectivity index (χ4n) is 2.02. The van der Waals surface area contributed by atoms with Crippen LogP contribution in [0, 0.1) is 0 Å². The summed E-state index contributed by atoms with van der Waals surface area (Å²) in [5.41, 5.74) is 1.79. The van der Waals surface area contributed by atoms with E-state index in [0.717, 1.165) is 0 Å². The molecule has 4 heteroatoms. The molecule has 1 aliphatic rings. The van der Waals surface area contributed by atoms with Gasteiger partial charge in [0.15, 0.2) is 11.9 Å². The first-order chi connectivity index (χ1) is 8.95. The number of benzene rings is 1. The predicted molar refractivity (Wildman–Crippen MR) is 73.7 cm³/mol. The molecule has 0 aliphatic carbocycles. The van der Waals surface area contributed by atoms with Crippen LogP contribution in [0.1, 0.15) is 30.6 Å². The van der Waals surface area contributed by atoms with Crippen molar-refractivity contribution in [1.29, 1.82) is 0 Å². The van der Waals surface area contributed by atoms with E-state index in [2.05, 4.69) is 6.58 Å². The molecule has 19 heavy (non-hydrogen) atoms. The van der Waals surface area contributed by atoms with E-state index in [1.165, 1.54) is 0 Å². The van der Waals surface area contributed by atoms with Crippen molar-refractivity contribution in [2.24, 2.45) is 0 Å². The second kappa shape index (κ2) is 4.88. The quantitative estimate of drug-likeness (QED) is 0.619. The van der Waals surface area contributed by atoms with Crippen LogP contribution >= 0.6 is 0 Å². The minimum absolute atomic E-state index is 0.0823. The molecule has 100 valence electrons. The van der Waals surface area contributed by atoms with Gasteiger partial charge in [0.1, 0.15) is 5.75 Å². The zero-order valence-corrected chi connectivity index (χ0v) is 11.4. The Labute approximate surface area is 112 Å². The molecule has 0 spiro atoms. The van der Waals surface area contributed by atoms with Crippen LogP contribution in [0.4, 0.5) is 5.69 Å². The van der Waals surface area contributed by atoms with E-state index >= 15 is 0 Å². The van der Waals surface area contributed by atoms with Crippen LogP contribution in [0.15, 0.2) is 30.4 Å². The number of rotatable bonds is 3. The summed E-state index contributed by atoms with van der Waals surface area (Å²) in [6, 6.07) is 5.11. The summed E-state index contributed by atoms with van der Waals surface area (Å²) in [6.45, 7) is 7.34. The number of allylic oxidation sites excluding steroid dienone is 1. The number of carbonyl (C=O) groups excluding carboxylic acids is 2. The van der Waals surface area contributed by atoms with E-state index in [4.69, 9.17) is 4.74 Å². The molecule has 0 aromatic heterocycles. The maximum atomic E-state index is 12.1. The lowest BCUT2D eigenvalue weighted by atomic mass is 10.0. The summed E-state index contributed by atoms with van der Waals surface area (Å²) >= 11 is 0. The van der Waals surface area contributed by atoms with Crippen molar-refractivity contribution in [2.75, 3.05) is 11.9 Å². The fraction of sp³-hybridized carbons (Fsp3) is 0.333. The molecular formula is C15H17NO3. The molecule has 0 radical (unpaired) electrons. The third-order valence-electron chi connectivity index (χ3n) is 3.31. The predicted octanol–water partition coefficient (Wildman–Crippen LogP) is 2.58. The molecule has 0 N–H and O–H groups in total. The highest BCUT2D eigenvalue weighted by atomic mass is 16.5. The highest BCUT2D eigenvalue weighted by molar-refractivity contribution is 6.09. The topological polar surface area (TPSA) is 46.6 Å². The summed E-state index contributed by atoms with van der Waals surface area (Å²) in [5, 5.41) is 0. The largest absolute Gasteiger partial charge is 0.479 e. The SMILES string of the molecule is C=C(CC)C(=O)c1ccc2c(c1)OC(C)C(=O)N2C. The lowest BCUT2D eigenvalue weighted by molar-refractivity contribution is -0.125. The van der Waals surface area contributed by atoms with Gasteiger partial charge < -0.3 is 9.64 Å². The van der Waals surface area contributed by atoms with Gasteiger partial charge in [0.2, 0.25) is 0 Å². The second-order valence-electron chi connectivity index (χ2n) is 4.63. The molecule has 1 unspecified atom stereocenters. The number of nitrogens with zero attached hydrogens (tertiary/aromatic N) is 1. The molecule has 1 amide bonds. The van der Waals surface area contributed by atoms with E-state index in [-0.39, 0.29) is 11.7 Å². The Bertz CT molecular complexity index is 563. The van der Waals surface area contributed by atoms with Crippen molar-refractivity contribution in [1.82, 2.24) is 0 Å². The first kappa shape index (κ1) is 13.3. The standard InChI is InChI=1S/C15H17NO3/c1-5-9(2)14(17)11-6-7-12-13(8-11)19-10(3)15(18)16(12)4/h6-8,10H,2,5H2,1,3-4H3. The number of likely N-dealkylation sites (N-methyl/N-ethyl adjacent to an activating group) is 1. The maximum Gasteiger partial charge on any atom is 0.267 e. The van der Waals surface area contributed by atoms with Crippen molar-refractivity contribution in [2.45, 2.75) is 26.4 Å². The van der Waals surface area contributed by atoms with Gasteiger partial charge in [-0.3, -0.25) is 9.59 Å². The molecule has 2 rings (SSSR count). The van der Waals surface area contributed by atoms with Crippen LogP contribution in [0.25, 0.3) is 0 Å². The number of hydrogen-bond acceptors (Lipinski definition) is 3. The summed E-state index contributed by atoms with van der Waals surface area (Å²) in [6.07, 6.45) is 0.0863. The zero-order valence-electron chi connectivity index (χ0n) is 11.4. The van der Waals surface area contributed by atoms with Crippen LogP contribution < -0.4 is 9.64 Å². The Morgan fingerprint density at radius 2 is 2.16 bits per heavy atom. The summed E-state index contributed by atoms with van der Waals surface area (Å²) in [7, 11) is 1.70. The molecule has 0 bridgehead atoms. The van der Waals surface area contributed by atoms with Gasteiger partial charge in [-0.05, 0) is 37.1 Å². The average Bonchev–Trinajstić information content (AvgIpc) is 2.42. The Morgan fingerprint density at radius 3 is 2.79 bits per heavy atom. The second-order valence-corrected chi connectivity index (χ2v) is 4.63. The summed E-state index contributed by atoms with van der Waals surface area (Å²) in [5.74, 6) is 0.384. The molecule has 1 heterocycles. The van der Waals surface area contributed by atoms with Crippen LogP contribution in [-0.4, -0.2) is 24.8 Å². The van der Waals surface area contributed by atoms with E-state index in [9.17, 15) is 9.59 Å². The van der Waals surface area contributed by atoms with Crippen molar-refractivity contribution >= 4 is 17.4 Å². The number of amides is 1. The highest BCUT2D eigenvalue weighted by Gasteiger charge is 2.29. The van der Waals surface area contributed by atoms with E-state index in [1.54, 1.807) is 37.1 Å². The van der Waals surface area contributed by atoms with Gasteiger partial charge in [-0.15, -0.1) is 0 Å². The monoisotopic (exact) mass is 259 g/mol. The lowest BCUT2D eigenvalue weighted by Gasteiger charge is -2.30. The summed E-state index contributed by atoms with van der Waals surface area (Å²) < 4.78 is 5.55. The van der Waals surface area contributed by atoms with Crippen molar-refractivity contribution in [3.05, 3.63) is 35.9 Å². The minimum Gasteiger partial charge on any atom is -0.479 e. The van der Waals surface area contributed by atoms with Gasteiger partial charge in [0.25, 0.3) is 5.91 Å². The normalized spacial score (nSPS) is 17.7. The number of ether oxygens (including phenoxy) is 1. The van der Waals surface area contributed by atoms with Crippen molar-refractivity contribution < 1.29 is 14.3 Å². The van der Waals surface area contributed by atoms with Gasteiger partial charge in [0, 0.05) is 12.6 Å². The van der Waals surface area contributed by atoms with Gasteiger partial charge in [0.05, 0.1) is 5.69 Å². The van der Waals surface area contributed by atoms with Crippen LogP contribution in [-0.2, 0) is 4.79 Å². The Kier molecular flexibility index (Phi) is 3.42. The van der Waals surface area contributed by atoms with E-state index in [1.807, 2.05) is 6.92 Å². The molecular weight excluding hydrogens is 242 g/mol. The molecule has 0 fully saturated rings. The van der Waals surface area contributed by atoms with E-state index < -0.39 is 6.10 Å². The van der Waals surface area contributed by atoms with Crippen molar-refractivity contribution in [3.8, 4) is 5.75 Å². The summed E-state index contributed by atoms with van der Waals surface area (Å²) in [4.78, 5) is 25.4. The van der Waals surface area contributed by atoms with E-state index in [0.29, 0.717) is 29.0 Å². The number of hydrogen-bond donors (Lipinski definition) is 0. The Hall–Kier alpha value is -2.10. The highest BCUT2D eigenvalue weighted by Crippen LogP contribution is 2.34. The molecule has 1 aromatic carbocycles. The van der Waals surface area contributed by atoms with Crippen LogP contribution in [0.3, 0.4) is 0 Å². The Balaban J connectivity index is 2.40. The first-order valence-corrected chi connectivity index (χ1v) is 6.26. The molecule has 0 saturated heterocycles. The van der Waals surface area contributed by atoms with Crippen LogP contribution in [0.5, 0.6) is 5.75 Å². The fourth-order valence-corrected chi connectivity index (χ4v) is 2.02. The molecule has 0 saturated carbocycles. The lowest BCUT2D eigenvalue weighted by Crippen LogP contribution is -2.42. The van der Waals surface area contributed by atoms with Crippen molar-refractivity contribution in [3.63, 3.8) is 0 Å². The number of fused-ring (bicyclic) bond motifs is 1. The number of Topliss-reactive ketones (excluding diaryl/α,β-unsaturated/α-hetero) is 1. The smallest absolute Gasteiger partial charge is 0.267 e. The maximum absolute atomic E-state index is 12.1. The number of anilines is 1. The number of carbonyl (C=O) groups is 2. The first-order valence-electron chi connectivity index (χ1n) is 6.26. The molecule has 1 atom stereocenters. The van der Waals surface area contributed by atoms with Gasteiger partial charge in [-0.25, -0.2) is 0 Å². The van der Waals surface area contributed by atoms with Crippen LogP contribution in [0.2, 0.25) is 0 Å². The zero-order chi connectivity index (χ0) is 14.2. The third kappa shape index (κ3) is 2.26. The third-order valence-corrected chi connectivity index (χ3v) is 3.31. The number of ketones is 1.